The molecule has 0 radical (unpaired) electrons. The van der Waals surface area contributed by atoms with Gasteiger partial charge in [0.1, 0.15) is 11.6 Å². The lowest BCUT2D eigenvalue weighted by atomic mass is 10.1. The first-order valence-electron chi connectivity index (χ1n) is 5.34. The molecule has 2 heterocycles. The minimum Gasteiger partial charge on any atom is -0.392 e. The van der Waals surface area contributed by atoms with Crippen molar-refractivity contribution in [2.75, 3.05) is 0 Å². The molecule has 0 aliphatic rings. The van der Waals surface area contributed by atoms with Crippen LogP contribution in [0, 0.1) is 0 Å². The highest BCUT2D eigenvalue weighted by atomic mass is 32.1. The molecule has 1 aromatic carbocycles. The van der Waals surface area contributed by atoms with E-state index in [9.17, 15) is 5.11 Å². The number of aromatic nitrogens is 4. The van der Waals surface area contributed by atoms with Gasteiger partial charge in [0, 0.05) is 5.56 Å². The zero-order chi connectivity index (χ0) is 12.5. The van der Waals surface area contributed by atoms with Gasteiger partial charge in [0.25, 0.3) is 0 Å². The van der Waals surface area contributed by atoms with E-state index in [4.69, 9.17) is 5.11 Å². The molecule has 2 N–H and O–H groups in total. The van der Waals surface area contributed by atoms with Gasteiger partial charge in [-0.3, -0.25) is 0 Å². The molecule has 0 saturated heterocycles. The van der Waals surface area contributed by atoms with Gasteiger partial charge in [-0.2, -0.15) is 9.61 Å². The predicted octanol–water partition coefficient (Wildman–Crippen LogP) is 0.837. The Bertz CT molecular complexity index is 691. The molecule has 6 nitrogen and oxygen atoms in total. The molecule has 18 heavy (non-hydrogen) atoms. The van der Waals surface area contributed by atoms with Crippen molar-refractivity contribution in [2.45, 2.75) is 13.2 Å². The molecule has 0 unspecified atom stereocenters. The quantitative estimate of drug-likeness (QED) is 0.730. The number of rotatable bonds is 3. The molecule has 0 aliphatic carbocycles. The van der Waals surface area contributed by atoms with Crippen molar-refractivity contribution in [1.29, 1.82) is 0 Å². The van der Waals surface area contributed by atoms with E-state index in [0.29, 0.717) is 10.8 Å². The highest BCUT2D eigenvalue weighted by Gasteiger charge is 2.13. The van der Waals surface area contributed by atoms with Crippen LogP contribution < -0.4 is 0 Å². The zero-order valence-electron chi connectivity index (χ0n) is 9.32. The lowest BCUT2D eigenvalue weighted by molar-refractivity contribution is 0.268. The van der Waals surface area contributed by atoms with E-state index in [0.717, 1.165) is 16.1 Å². The Hall–Kier alpha value is -1.83. The molecule has 2 aromatic heterocycles. The number of hydrogen-bond donors (Lipinski definition) is 2. The van der Waals surface area contributed by atoms with Crippen molar-refractivity contribution < 1.29 is 10.2 Å². The Morgan fingerprint density at radius 1 is 1.11 bits per heavy atom. The van der Waals surface area contributed by atoms with Crippen molar-refractivity contribution in [3.63, 3.8) is 0 Å². The number of aliphatic hydroxyl groups is 2. The Morgan fingerprint density at radius 3 is 2.72 bits per heavy atom. The summed E-state index contributed by atoms with van der Waals surface area (Å²) in [5, 5.41) is 31.3. The molecule has 0 aliphatic heterocycles. The maximum atomic E-state index is 9.31. The second kappa shape index (κ2) is 4.45. The van der Waals surface area contributed by atoms with Crippen LogP contribution in [0.3, 0.4) is 0 Å². The van der Waals surface area contributed by atoms with E-state index < -0.39 is 0 Å². The first kappa shape index (κ1) is 11.3. The second-order valence-electron chi connectivity index (χ2n) is 3.69. The van der Waals surface area contributed by atoms with Gasteiger partial charge in [-0.25, -0.2) is 0 Å². The first-order valence-corrected chi connectivity index (χ1v) is 6.16. The summed E-state index contributed by atoms with van der Waals surface area (Å²) < 4.78 is 1.52. The molecule has 0 fully saturated rings. The molecule has 0 spiro atoms. The Labute approximate surface area is 106 Å². The van der Waals surface area contributed by atoms with E-state index >= 15 is 0 Å². The molecular weight excluding hydrogens is 252 g/mol. The minimum absolute atomic E-state index is 0.0385. The maximum absolute atomic E-state index is 9.31. The summed E-state index contributed by atoms with van der Waals surface area (Å²) >= 11 is 1.37. The number of benzene rings is 1. The summed E-state index contributed by atoms with van der Waals surface area (Å²) in [4.78, 5) is 0.627. The number of fused-ring (bicyclic) bond motifs is 1. The average molecular weight is 262 g/mol. The Kier molecular flexibility index (Phi) is 2.78. The molecule has 7 heteroatoms. The van der Waals surface area contributed by atoms with E-state index in [1.54, 1.807) is 0 Å². The summed E-state index contributed by atoms with van der Waals surface area (Å²) in [7, 11) is 0. The van der Waals surface area contributed by atoms with Gasteiger partial charge in [-0.05, 0) is 5.56 Å². The van der Waals surface area contributed by atoms with Gasteiger partial charge in [0.2, 0.25) is 4.96 Å². The molecule has 0 atom stereocenters. The van der Waals surface area contributed by atoms with Gasteiger partial charge < -0.3 is 10.2 Å². The van der Waals surface area contributed by atoms with Crippen molar-refractivity contribution in [2.24, 2.45) is 0 Å². The van der Waals surface area contributed by atoms with Crippen LogP contribution in [0.1, 0.15) is 11.4 Å². The highest BCUT2D eigenvalue weighted by Crippen LogP contribution is 2.28. The van der Waals surface area contributed by atoms with Gasteiger partial charge in [-0.15, -0.1) is 10.2 Å². The van der Waals surface area contributed by atoms with Crippen LogP contribution in [0.4, 0.5) is 0 Å². The third kappa shape index (κ3) is 1.69. The molecule has 3 aromatic rings. The summed E-state index contributed by atoms with van der Waals surface area (Å²) in [6, 6.07) is 7.51. The van der Waals surface area contributed by atoms with Crippen molar-refractivity contribution in [1.82, 2.24) is 19.8 Å². The summed E-state index contributed by atoms with van der Waals surface area (Å²) in [6.07, 6.45) is 0. The monoisotopic (exact) mass is 262 g/mol. The first-order chi connectivity index (χ1) is 8.83. The highest BCUT2D eigenvalue weighted by molar-refractivity contribution is 7.19. The Morgan fingerprint density at radius 2 is 1.94 bits per heavy atom. The van der Waals surface area contributed by atoms with Gasteiger partial charge in [0.05, 0.1) is 6.61 Å². The smallest absolute Gasteiger partial charge is 0.235 e. The molecule has 92 valence electrons. The van der Waals surface area contributed by atoms with E-state index in [1.165, 1.54) is 15.9 Å². The van der Waals surface area contributed by atoms with Crippen molar-refractivity contribution in [3.05, 3.63) is 35.7 Å². The lowest BCUT2D eigenvalue weighted by Crippen LogP contribution is -1.96. The standard InChI is InChI=1S/C11H10N4O2S/c16-5-7-3-1-2-4-8(7)10-14-15-9(6-17)12-13-11(15)18-10/h1-4,16-17H,5-6H2. The van der Waals surface area contributed by atoms with Crippen LogP contribution in [0.5, 0.6) is 0 Å². The molecule has 3 rings (SSSR count). The summed E-state index contributed by atoms with van der Waals surface area (Å²) in [5.41, 5.74) is 1.69. The fourth-order valence-corrected chi connectivity index (χ4v) is 2.65. The average Bonchev–Trinajstić information content (AvgIpc) is 2.98. The lowest BCUT2D eigenvalue weighted by Gasteiger charge is -2.02. The van der Waals surface area contributed by atoms with Gasteiger partial charge in [-0.1, -0.05) is 35.6 Å². The summed E-state index contributed by atoms with van der Waals surface area (Å²) in [6.45, 7) is -0.241. The van der Waals surface area contributed by atoms with Crippen LogP contribution in [0.15, 0.2) is 24.3 Å². The SMILES string of the molecule is OCc1ccccc1-c1nn2c(CO)nnc2s1. The molecular formula is C11H10N4O2S. The minimum atomic E-state index is -0.202. The number of nitrogens with zero attached hydrogens (tertiary/aromatic N) is 4. The molecule has 0 amide bonds. The van der Waals surface area contributed by atoms with Gasteiger partial charge >= 0.3 is 0 Å². The second-order valence-corrected chi connectivity index (χ2v) is 4.65. The summed E-state index contributed by atoms with van der Waals surface area (Å²) in [5.74, 6) is 0.411. The predicted molar refractivity (Wildman–Crippen MR) is 65.9 cm³/mol. The molecule has 0 bridgehead atoms. The normalized spacial score (nSPS) is 11.2. The topological polar surface area (TPSA) is 83.5 Å². The fraction of sp³-hybridized carbons (Fsp3) is 0.182. The van der Waals surface area contributed by atoms with Crippen LogP contribution in [0.25, 0.3) is 15.5 Å². The fourth-order valence-electron chi connectivity index (χ4n) is 1.73. The van der Waals surface area contributed by atoms with Crippen LogP contribution in [0.2, 0.25) is 0 Å². The van der Waals surface area contributed by atoms with Crippen molar-refractivity contribution >= 4 is 16.3 Å². The van der Waals surface area contributed by atoms with Crippen molar-refractivity contribution in [3.8, 4) is 10.6 Å². The van der Waals surface area contributed by atoms with E-state index in [-0.39, 0.29) is 13.2 Å². The van der Waals surface area contributed by atoms with E-state index in [1.807, 2.05) is 24.3 Å². The number of hydrogen-bond acceptors (Lipinski definition) is 6. The third-order valence-corrected chi connectivity index (χ3v) is 3.55. The zero-order valence-corrected chi connectivity index (χ0v) is 10.1. The van der Waals surface area contributed by atoms with E-state index in [2.05, 4.69) is 15.3 Å². The number of aliphatic hydroxyl groups excluding tert-OH is 2. The van der Waals surface area contributed by atoms with Crippen LogP contribution in [-0.2, 0) is 13.2 Å². The molecule has 0 saturated carbocycles. The Balaban J connectivity index is 2.16. The largest absolute Gasteiger partial charge is 0.392 e. The van der Waals surface area contributed by atoms with Gasteiger partial charge in [0.15, 0.2) is 5.82 Å². The van der Waals surface area contributed by atoms with Crippen LogP contribution >= 0.6 is 11.3 Å². The maximum Gasteiger partial charge on any atom is 0.235 e. The van der Waals surface area contributed by atoms with Crippen LogP contribution in [-0.4, -0.2) is 30.0 Å². The third-order valence-electron chi connectivity index (χ3n) is 2.61.